The summed E-state index contributed by atoms with van der Waals surface area (Å²) in [6.07, 6.45) is 0. The molecule has 0 radical (unpaired) electrons. The second kappa shape index (κ2) is 4.85. The fourth-order valence-electron chi connectivity index (χ4n) is 1.28. The average Bonchev–Trinajstić information content (AvgIpc) is 2.16. The van der Waals surface area contributed by atoms with E-state index in [0.29, 0.717) is 10.8 Å². The Morgan fingerprint density at radius 1 is 1.19 bits per heavy atom. The first-order valence-electron chi connectivity index (χ1n) is 4.98. The van der Waals surface area contributed by atoms with Gasteiger partial charge in [-0.15, -0.1) is 0 Å². The van der Waals surface area contributed by atoms with E-state index in [2.05, 4.69) is 15.9 Å². The van der Waals surface area contributed by atoms with Crippen molar-refractivity contribution in [2.45, 2.75) is 24.7 Å². The molecule has 0 aliphatic heterocycles. The zero-order valence-electron chi connectivity index (χ0n) is 9.86. The van der Waals surface area contributed by atoms with Gasteiger partial charge in [-0.2, -0.15) is 0 Å². The van der Waals surface area contributed by atoms with E-state index in [0.717, 1.165) is 10.0 Å². The van der Waals surface area contributed by atoms with E-state index in [-0.39, 0.29) is 0 Å². The Kier molecular flexibility index (Phi) is 4.15. The Hall–Kier alpha value is -0.390. The molecule has 3 nitrogen and oxygen atoms in total. The number of rotatable bonds is 3. The van der Waals surface area contributed by atoms with Gasteiger partial charge in [-0.25, -0.2) is 12.7 Å². The smallest absolute Gasteiger partial charge is 0.207 e. The second-order valence-corrected chi connectivity index (χ2v) is 7.23. The van der Waals surface area contributed by atoms with Gasteiger partial charge in [0.25, 0.3) is 0 Å². The molecule has 0 saturated heterocycles. The van der Waals surface area contributed by atoms with Crippen molar-refractivity contribution in [1.29, 1.82) is 0 Å². The maximum atomic E-state index is 12.0. The van der Waals surface area contributed by atoms with E-state index in [9.17, 15) is 8.42 Å². The van der Waals surface area contributed by atoms with Crippen LogP contribution in [-0.4, -0.2) is 26.8 Å². The van der Waals surface area contributed by atoms with Crippen molar-refractivity contribution in [2.75, 3.05) is 14.1 Å². The molecular weight excluding hydrogens is 290 g/mol. The molecule has 0 saturated carbocycles. The summed E-state index contributed by atoms with van der Waals surface area (Å²) in [5.41, 5.74) is 1.01. The first-order valence-corrected chi connectivity index (χ1v) is 7.21. The van der Waals surface area contributed by atoms with Crippen molar-refractivity contribution in [1.82, 2.24) is 4.31 Å². The van der Waals surface area contributed by atoms with Gasteiger partial charge < -0.3 is 0 Å². The fourth-order valence-corrected chi connectivity index (χ4v) is 2.92. The molecule has 0 atom stereocenters. The summed E-state index contributed by atoms with van der Waals surface area (Å²) >= 11 is 3.34. The van der Waals surface area contributed by atoms with Gasteiger partial charge in [-0.1, -0.05) is 29.8 Å². The molecule has 0 aromatic heterocycles. The highest BCUT2D eigenvalue weighted by molar-refractivity contribution is 9.10. The van der Waals surface area contributed by atoms with Crippen LogP contribution in [0.5, 0.6) is 0 Å². The molecule has 16 heavy (non-hydrogen) atoms. The number of benzene rings is 1. The third-order valence-corrected chi connectivity index (χ3v) is 4.59. The van der Waals surface area contributed by atoms with Gasteiger partial charge in [0.05, 0.1) is 4.90 Å². The molecule has 0 spiro atoms. The highest BCUT2D eigenvalue weighted by Crippen LogP contribution is 2.25. The second-order valence-electron chi connectivity index (χ2n) is 4.16. The quantitative estimate of drug-likeness (QED) is 0.861. The number of halogens is 1. The van der Waals surface area contributed by atoms with Gasteiger partial charge in [0.1, 0.15) is 0 Å². The molecule has 0 fully saturated rings. The summed E-state index contributed by atoms with van der Waals surface area (Å²) < 4.78 is 25.9. The third-order valence-electron chi connectivity index (χ3n) is 2.34. The van der Waals surface area contributed by atoms with Gasteiger partial charge in [0.15, 0.2) is 0 Å². The molecule has 0 unspecified atom stereocenters. The zero-order chi connectivity index (χ0) is 12.5. The van der Waals surface area contributed by atoms with Crippen LogP contribution >= 0.6 is 15.9 Å². The monoisotopic (exact) mass is 305 g/mol. The molecule has 1 aromatic rings. The minimum absolute atomic E-state index is 0.300. The minimum Gasteiger partial charge on any atom is -0.207 e. The van der Waals surface area contributed by atoms with Crippen LogP contribution < -0.4 is 0 Å². The van der Waals surface area contributed by atoms with E-state index < -0.39 is 10.0 Å². The standard InChI is InChI=1S/C11H16BrNO2S/c1-8(2)9-5-10(12)7-11(6-9)16(14,15)13(3)4/h5-8H,1-4H3. The number of nitrogens with zero attached hydrogens (tertiary/aromatic N) is 1. The Bertz CT molecular complexity index is 481. The van der Waals surface area contributed by atoms with Crippen LogP contribution in [-0.2, 0) is 10.0 Å². The molecule has 0 heterocycles. The first-order chi connectivity index (χ1) is 7.25. The van der Waals surface area contributed by atoms with Crippen LogP contribution in [0.2, 0.25) is 0 Å². The summed E-state index contributed by atoms with van der Waals surface area (Å²) in [6, 6.07) is 5.30. The Morgan fingerprint density at radius 2 is 1.75 bits per heavy atom. The molecule has 90 valence electrons. The van der Waals surface area contributed by atoms with Crippen molar-refractivity contribution < 1.29 is 8.42 Å². The van der Waals surface area contributed by atoms with Crippen molar-refractivity contribution in [3.05, 3.63) is 28.2 Å². The Balaban J connectivity index is 3.36. The van der Waals surface area contributed by atoms with E-state index >= 15 is 0 Å². The molecule has 0 bridgehead atoms. The van der Waals surface area contributed by atoms with Gasteiger partial charge >= 0.3 is 0 Å². The highest BCUT2D eigenvalue weighted by atomic mass is 79.9. The largest absolute Gasteiger partial charge is 0.242 e. The Labute approximate surface area is 106 Å². The Morgan fingerprint density at radius 3 is 2.19 bits per heavy atom. The van der Waals surface area contributed by atoms with Gasteiger partial charge in [0, 0.05) is 18.6 Å². The normalized spacial score (nSPS) is 12.4. The van der Waals surface area contributed by atoms with Crippen molar-refractivity contribution in [2.24, 2.45) is 0 Å². The lowest BCUT2D eigenvalue weighted by Crippen LogP contribution is -2.22. The molecule has 0 aliphatic rings. The first kappa shape index (κ1) is 13.7. The maximum absolute atomic E-state index is 12.0. The van der Waals surface area contributed by atoms with Gasteiger partial charge in [0.2, 0.25) is 10.0 Å². The fraction of sp³-hybridized carbons (Fsp3) is 0.455. The molecular formula is C11H16BrNO2S. The van der Waals surface area contributed by atoms with Crippen LogP contribution in [0.1, 0.15) is 25.3 Å². The summed E-state index contributed by atoms with van der Waals surface area (Å²) in [5.74, 6) is 0.300. The van der Waals surface area contributed by atoms with E-state index in [1.54, 1.807) is 12.1 Å². The lowest BCUT2D eigenvalue weighted by atomic mass is 10.0. The number of sulfonamides is 1. The molecule has 0 N–H and O–H groups in total. The van der Waals surface area contributed by atoms with Crippen LogP contribution in [0.4, 0.5) is 0 Å². The molecule has 5 heteroatoms. The molecule has 1 rings (SSSR count). The zero-order valence-corrected chi connectivity index (χ0v) is 12.3. The van der Waals surface area contributed by atoms with Crippen molar-refractivity contribution in [3.8, 4) is 0 Å². The lowest BCUT2D eigenvalue weighted by molar-refractivity contribution is 0.520. The minimum atomic E-state index is -3.35. The molecule has 1 aromatic carbocycles. The van der Waals surface area contributed by atoms with Gasteiger partial charge in [-0.05, 0) is 29.7 Å². The van der Waals surface area contributed by atoms with E-state index in [1.807, 2.05) is 19.9 Å². The molecule has 0 amide bonds. The predicted octanol–water partition coefficient (Wildman–Crippen LogP) is 2.82. The summed E-state index contributed by atoms with van der Waals surface area (Å²) in [5, 5.41) is 0. The summed E-state index contributed by atoms with van der Waals surface area (Å²) in [6.45, 7) is 4.07. The summed E-state index contributed by atoms with van der Waals surface area (Å²) in [4.78, 5) is 0.329. The topological polar surface area (TPSA) is 37.4 Å². The summed E-state index contributed by atoms with van der Waals surface area (Å²) in [7, 11) is -0.286. The number of hydrogen-bond donors (Lipinski definition) is 0. The highest BCUT2D eigenvalue weighted by Gasteiger charge is 2.18. The van der Waals surface area contributed by atoms with E-state index in [4.69, 9.17) is 0 Å². The third kappa shape index (κ3) is 2.84. The van der Waals surface area contributed by atoms with E-state index in [1.165, 1.54) is 18.4 Å². The predicted molar refractivity (Wildman–Crippen MR) is 69.1 cm³/mol. The van der Waals surface area contributed by atoms with Crippen LogP contribution in [0.15, 0.2) is 27.6 Å². The SMILES string of the molecule is CC(C)c1cc(Br)cc(S(=O)(=O)N(C)C)c1. The number of hydrogen-bond acceptors (Lipinski definition) is 2. The maximum Gasteiger partial charge on any atom is 0.242 e. The van der Waals surface area contributed by atoms with Gasteiger partial charge in [-0.3, -0.25) is 0 Å². The average molecular weight is 306 g/mol. The van der Waals surface area contributed by atoms with Crippen molar-refractivity contribution in [3.63, 3.8) is 0 Å². The van der Waals surface area contributed by atoms with Crippen LogP contribution in [0.25, 0.3) is 0 Å². The van der Waals surface area contributed by atoms with Crippen molar-refractivity contribution >= 4 is 26.0 Å². The lowest BCUT2D eigenvalue weighted by Gasteiger charge is -2.14. The molecule has 0 aliphatic carbocycles. The van der Waals surface area contributed by atoms with Crippen LogP contribution in [0.3, 0.4) is 0 Å². The van der Waals surface area contributed by atoms with Crippen LogP contribution in [0, 0.1) is 0 Å².